The molecule has 0 spiro atoms. The highest BCUT2D eigenvalue weighted by molar-refractivity contribution is 7.16. The molecule has 0 aromatic carbocycles. The number of carbonyl (C=O) groups excluding carboxylic acids is 1. The molecule has 1 aliphatic rings. The Morgan fingerprint density at radius 2 is 2.29 bits per heavy atom. The van der Waals surface area contributed by atoms with Crippen molar-refractivity contribution in [3.63, 3.8) is 0 Å². The van der Waals surface area contributed by atoms with Crippen LogP contribution >= 0.6 is 35.1 Å². The number of hydrogen-bond donors (Lipinski definition) is 1. The van der Waals surface area contributed by atoms with Crippen molar-refractivity contribution < 1.29 is 4.79 Å². The molecule has 7 heteroatoms. The number of hydrogen-bond acceptors (Lipinski definition) is 5. The smallest absolute Gasteiger partial charge is 0.239 e. The number of aromatic nitrogens is 1. The topological polar surface area (TPSA) is 59.2 Å². The van der Waals surface area contributed by atoms with E-state index in [2.05, 4.69) is 16.4 Å². The minimum Gasteiger partial charge on any atom is -0.337 e. The third-order valence-corrected chi connectivity index (χ3v) is 5.47. The normalized spacial score (nSPS) is 15.3. The van der Waals surface area contributed by atoms with E-state index in [4.69, 9.17) is 5.73 Å². The summed E-state index contributed by atoms with van der Waals surface area (Å²) in [5.74, 6) is 0.0351. The Bertz CT molecular complexity index is 650. The molecule has 0 aliphatic carbocycles. The first kappa shape index (κ1) is 16.4. The molecule has 4 nitrogen and oxygen atoms in total. The van der Waals surface area contributed by atoms with E-state index in [1.54, 1.807) is 29.6 Å². The second kappa shape index (κ2) is 6.44. The molecule has 114 valence electrons. The van der Waals surface area contributed by atoms with Crippen molar-refractivity contribution in [2.75, 3.05) is 6.54 Å². The molecule has 1 atom stereocenters. The zero-order valence-corrected chi connectivity index (χ0v) is 14.4. The SMILES string of the molecule is Cc1nc(-c2cc3c(s2)CCN(C(=O)C(C)N)C3)cs1.Cl. The molecular weight excluding hydrogens is 326 g/mol. The lowest BCUT2D eigenvalue weighted by Crippen LogP contribution is -2.44. The zero-order valence-electron chi connectivity index (χ0n) is 12.0. The predicted molar refractivity (Wildman–Crippen MR) is 90.2 cm³/mol. The van der Waals surface area contributed by atoms with E-state index in [1.165, 1.54) is 15.3 Å². The van der Waals surface area contributed by atoms with Crippen molar-refractivity contribution in [1.29, 1.82) is 0 Å². The molecule has 0 radical (unpaired) electrons. The predicted octanol–water partition coefficient (Wildman–Crippen LogP) is 2.83. The van der Waals surface area contributed by atoms with Crippen LogP contribution in [0.25, 0.3) is 10.6 Å². The summed E-state index contributed by atoms with van der Waals surface area (Å²) in [6.07, 6.45) is 0.918. The van der Waals surface area contributed by atoms with E-state index in [-0.39, 0.29) is 18.3 Å². The first-order chi connectivity index (χ1) is 9.54. The molecule has 2 N–H and O–H groups in total. The standard InChI is InChI=1S/C14H17N3OS2.ClH/c1-8(15)14(18)17-4-3-12-10(6-17)5-13(20-12)11-7-19-9(2)16-11;/h5,7-8H,3-4,6,15H2,1-2H3;1H. The van der Waals surface area contributed by atoms with E-state index >= 15 is 0 Å². The highest BCUT2D eigenvalue weighted by Gasteiger charge is 2.25. The van der Waals surface area contributed by atoms with Gasteiger partial charge in [-0.25, -0.2) is 4.98 Å². The average Bonchev–Trinajstić information content (AvgIpc) is 3.02. The van der Waals surface area contributed by atoms with Crippen LogP contribution in [0.5, 0.6) is 0 Å². The molecule has 0 saturated carbocycles. The van der Waals surface area contributed by atoms with Gasteiger partial charge in [0.2, 0.25) is 5.91 Å². The van der Waals surface area contributed by atoms with E-state index in [0.29, 0.717) is 6.54 Å². The molecule has 1 aliphatic heterocycles. The molecular formula is C14H18ClN3OS2. The van der Waals surface area contributed by atoms with Crippen molar-refractivity contribution in [3.8, 4) is 10.6 Å². The van der Waals surface area contributed by atoms with Gasteiger partial charge in [0.15, 0.2) is 0 Å². The Kier molecular flexibility index (Phi) is 5.03. The summed E-state index contributed by atoms with van der Waals surface area (Å²) < 4.78 is 0. The van der Waals surface area contributed by atoms with Crippen LogP contribution in [-0.2, 0) is 17.8 Å². The zero-order chi connectivity index (χ0) is 14.3. The van der Waals surface area contributed by atoms with Gasteiger partial charge in [0.1, 0.15) is 0 Å². The maximum atomic E-state index is 12.0. The lowest BCUT2D eigenvalue weighted by Gasteiger charge is -2.28. The molecule has 2 aromatic rings. The summed E-state index contributed by atoms with van der Waals surface area (Å²) in [4.78, 5) is 21.0. The summed E-state index contributed by atoms with van der Waals surface area (Å²) in [6.45, 7) is 5.21. The van der Waals surface area contributed by atoms with Gasteiger partial charge in [0.25, 0.3) is 0 Å². The van der Waals surface area contributed by atoms with Crippen LogP contribution in [0.15, 0.2) is 11.4 Å². The van der Waals surface area contributed by atoms with Crippen LogP contribution in [0, 0.1) is 6.92 Å². The molecule has 1 amide bonds. The first-order valence-electron chi connectivity index (χ1n) is 6.63. The maximum absolute atomic E-state index is 12.0. The van der Waals surface area contributed by atoms with E-state index in [1.807, 2.05) is 11.8 Å². The summed E-state index contributed by atoms with van der Waals surface area (Å²) in [6, 6.07) is 1.76. The molecule has 1 unspecified atom stereocenters. The quantitative estimate of drug-likeness (QED) is 0.912. The Morgan fingerprint density at radius 3 is 2.90 bits per heavy atom. The second-order valence-electron chi connectivity index (χ2n) is 5.11. The van der Waals surface area contributed by atoms with Crippen LogP contribution in [0.1, 0.15) is 22.4 Å². The van der Waals surface area contributed by atoms with E-state index in [9.17, 15) is 4.79 Å². The van der Waals surface area contributed by atoms with E-state index < -0.39 is 6.04 Å². The van der Waals surface area contributed by atoms with Crippen molar-refractivity contribution in [3.05, 3.63) is 26.9 Å². The van der Waals surface area contributed by atoms with Crippen LogP contribution < -0.4 is 5.73 Å². The number of carbonyl (C=O) groups is 1. The number of rotatable bonds is 2. The number of amides is 1. The lowest BCUT2D eigenvalue weighted by molar-refractivity contribution is -0.133. The van der Waals surface area contributed by atoms with Crippen LogP contribution in [-0.4, -0.2) is 28.4 Å². The summed E-state index contributed by atoms with van der Waals surface area (Å²) in [5, 5.41) is 3.18. The van der Waals surface area contributed by atoms with Gasteiger partial charge >= 0.3 is 0 Å². The van der Waals surface area contributed by atoms with Gasteiger partial charge in [0.05, 0.1) is 21.6 Å². The number of thiazole rings is 1. The van der Waals surface area contributed by atoms with Gasteiger partial charge < -0.3 is 10.6 Å². The monoisotopic (exact) mass is 343 g/mol. The minimum absolute atomic E-state index is 0. The molecule has 0 saturated heterocycles. The second-order valence-corrected chi connectivity index (χ2v) is 7.31. The highest BCUT2D eigenvalue weighted by Crippen LogP contribution is 2.35. The Morgan fingerprint density at radius 1 is 1.52 bits per heavy atom. The van der Waals surface area contributed by atoms with Crippen molar-refractivity contribution >= 4 is 41.0 Å². The summed E-state index contributed by atoms with van der Waals surface area (Å²) in [7, 11) is 0. The number of halogens is 1. The number of nitrogens with two attached hydrogens (primary N) is 1. The van der Waals surface area contributed by atoms with Gasteiger partial charge in [-0.2, -0.15) is 0 Å². The third-order valence-electron chi connectivity index (χ3n) is 3.44. The van der Waals surface area contributed by atoms with Crippen LogP contribution in [0.2, 0.25) is 0 Å². The number of aryl methyl sites for hydroxylation is 1. The largest absolute Gasteiger partial charge is 0.337 e. The maximum Gasteiger partial charge on any atom is 0.239 e. The minimum atomic E-state index is -0.421. The van der Waals surface area contributed by atoms with Crippen LogP contribution in [0.3, 0.4) is 0 Å². The number of thiophene rings is 1. The van der Waals surface area contributed by atoms with Gasteiger partial charge in [-0.1, -0.05) is 0 Å². The Balaban J connectivity index is 0.00000161. The van der Waals surface area contributed by atoms with Crippen molar-refractivity contribution in [2.45, 2.75) is 32.9 Å². The molecule has 0 bridgehead atoms. The fraction of sp³-hybridized carbons (Fsp3) is 0.429. The molecule has 3 heterocycles. The Hall–Kier alpha value is -0.950. The average molecular weight is 344 g/mol. The van der Waals surface area contributed by atoms with Crippen molar-refractivity contribution in [1.82, 2.24) is 9.88 Å². The van der Waals surface area contributed by atoms with Gasteiger partial charge in [0, 0.05) is 23.3 Å². The molecule has 21 heavy (non-hydrogen) atoms. The van der Waals surface area contributed by atoms with Gasteiger partial charge in [-0.05, 0) is 31.9 Å². The van der Waals surface area contributed by atoms with Crippen LogP contribution in [0.4, 0.5) is 0 Å². The van der Waals surface area contributed by atoms with Crippen molar-refractivity contribution in [2.24, 2.45) is 5.73 Å². The summed E-state index contributed by atoms with van der Waals surface area (Å²) >= 11 is 3.47. The number of fused-ring (bicyclic) bond motifs is 1. The molecule has 2 aromatic heterocycles. The highest BCUT2D eigenvalue weighted by atomic mass is 35.5. The Labute approximate surface area is 138 Å². The molecule has 0 fully saturated rings. The summed E-state index contributed by atoms with van der Waals surface area (Å²) in [5.41, 5.74) is 7.99. The van der Waals surface area contributed by atoms with Gasteiger partial charge in [-0.15, -0.1) is 35.1 Å². The van der Waals surface area contributed by atoms with E-state index in [0.717, 1.165) is 23.7 Å². The van der Waals surface area contributed by atoms with Gasteiger partial charge in [-0.3, -0.25) is 4.79 Å². The first-order valence-corrected chi connectivity index (χ1v) is 8.32. The fourth-order valence-electron chi connectivity index (χ4n) is 2.41. The third kappa shape index (κ3) is 3.29. The number of nitrogens with zero attached hydrogens (tertiary/aromatic N) is 2. The fourth-order valence-corrected chi connectivity index (χ4v) is 4.22. The lowest BCUT2D eigenvalue weighted by atomic mass is 10.1. The molecule has 3 rings (SSSR count).